The summed E-state index contributed by atoms with van der Waals surface area (Å²) in [6, 6.07) is 0. The van der Waals surface area contributed by atoms with Gasteiger partial charge < -0.3 is 10.0 Å². The van der Waals surface area contributed by atoms with Crippen molar-refractivity contribution in [2.24, 2.45) is 5.92 Å². The van der Waals surface area contributed by atoms with E-state index in [1.165, 1.54) is 128 Å². The van der Waals surface area contributed by atoms with Crippen molar-refractivity contribution in [3.05, 3.63) is 48.6 Å². The molecule has 0 aromatic heterocycles. The highest BCUT2D eigenvalue weighted by molar-refractivity contribution is 5.71. The van der Waals surface area contributed by atoms with Crippen LogP contribution in [0, 0.1) is 5.92 Å². The Morgan fingerprint density at radius 2 is 0.851 bits per heavy atom. The largest absolute Gasteiger partial charge is 0.481 e. The fourth-order valence-electron chi connectivity index (χ4n) is 6.98. The monoisotopic (exact) mass is 656 g/mol. The number of unbranched alkanes of at least 4 members (excludes halogenated alkanes) is 18. The van der Waals surface area contributed by atoms with Crippen molar-refractivity contribution in [2.45, 2.75) is 206 Å². The molecule has 0 fully saturated rings. The Balaban J connectivity index is 4.40. The van der Waals surface area contributed by atoms with Crippen molar-refractivity contribution in [3.63, 3.8) is 0 Å². The number of rotatable bonds is 35. The normalized spacial score (nSPS) is 13.4. The summed E-state index contributed by atoms with van der Waals surface area (Å²) in [6.45, 7) is 6.65. The van der Waals surface area contributed by atoms with E-state index in [-0.39, 0.29) is 11.5 Å². The van der Waals surface area contributed by atoms with Gasteiger partial charge in [-0.1, -0.05) is 166 Å². The van der Waals surface area contributed by atoms with Gasteiger partial charge in [-0.2, -0.15) is 0 Å². The van der Waals surface area contributed by atoms with Crippen LogP contribution in [0.3, 0.4) is 0 Å². The Morgan fingerprint density at radius 3 is 1.17 bits per heavy atom. The second-order valence-electron chi connectivity index (χ2n) is 14.3. The molecule has 1 atom stereocenters. The smallest absolute Gasteiger partial charge is 0.308 e. The number of hydrogen-bond donors (Lipinski definition) is 1. The average Bonchev–Trinajstić information content (AvgIpc) is 3.05. The van der Waals surface area contributed by atoms with Crippen LogP contribution in [0.5, 0.6) is 0 Å². The Hall–Kier alpha value is -1.61. The summed E-state index contributed by atoms with van der Waals surface area (Å²) in [5.74, 6) is -0.876. The lowest BCUT2D eigenvalue weighted by molar-refractivity contribution is -0.148. The molecule has 0 aliphatic rings. The third kappa shape index (κ3) is 26.0. The summed E-state index contributed by atoms with van der Waals surface area (Å²) in [5.41, 5.74) is -0.230. The summed E-state index contributed by atoms with van der Waals surface area (Å²) >= 11 is 0. The maximum absolute atomic E-state index is 12.5. The third-order valence-corrected chi connectivity index (χ3v) is 10.0. The molecule has 0 spiro atoms. The second-order valence-corrected chi connectivity index (χ2v) is 14.3. The molecule has 0 aliphatic heterocycles. The lowest BCUT2D eigenvalue weighted by Crippen LogP contribution is -2.53. The van der Waals surface area contributed by atoms with E-state index in [0.717, 1.165) is 51.4 Å². The average molecular weight is 656 g/mol. The first-order valence-corrected chi connectivity index (χ1v) is 20.5. The van der Waals surface area contributed by atoms with Crippen LogP contribution in [0.25, 0.3) is 0 Å². The zero-order chi connectivity index (χ0) is 34.7. The van der Waals surface area contributed by atoms with Gasteiger partial charge >= 0.3 is 5.97 Å². The molecular weight excluding hydrogens is 574 g/mol. The van der Waals surface area contributed by atoms with Crippen LogP contribution >= 0.6 is 0 Å². The first-order valence-electron chi connectivity index (χ1n) is 20.5. The summed E-state index contributed by atoms with van der Waals surface area (Å²) in [7, 11) is 4.27. The van der Waals surface area contributed by atoms with Crippen LogP contribution in [-0.4, -0.2) is 35.6 Å². The molecule has 0 radical (unpaired) electrons. The standard InChI is InChI=1S/C44H81NO2/c1-6-9-11-13-15-17-19-21-23-25-27-29-31-33-35-37-40-44(45(4)5,42(39-8-3)43(46)47)41-38-36-34-32-30-28-26-24-22-20-18-16-14-12-10-7-2/h15-18,21-24,42H,6-14,19-20,25-41H2,1-5H3,(H,46,47)/b17-15-,18-16-,23-21-,24-22-. The van der Waals surface area contributed by atoms with E-state index in [1.807, 2.05) is 0 Å². The van der Waals surface area contributed by atoms with E-state index in [4.69, 9.17) is 0 Å². The van der Waals surface area contributed by atoms with Gasteiger partial charge in [-0.3, -0.25) is 4.79 Å². The van der Waals surface area contributed by atoms with E-state index in [0.29, 0.717) is 0 Å². The molecule has 3 nitrogen and oxygen atoms in total. The van der Waals surface area contributed by atoms with Gasteiger partial charge in [0.25, 0.3) is 0 Å². The molecule has 0 aromatic rings. The minimum absolute atomic E-state index is 0.230. The summed E-state index contributed by atoms with van der Waals surface area (Å²) in [6.07, 6.45) is 52.3. The number of aliphatic carboxylic acids is 1. The number of allylic oxidation sites excluding steroid dienone is 8. The number of carbonyl (C=O) groups is 1. The molecule has 0 bridgehead atoms. The van der Waals surface area contributed by atoms with Crippen molar-refractivity contribution in [3.8, 4) is 0 Å². The van der Waals surface area contributed by atoms with E-state index in [1.54, 1.807) is 0 Å². The van der Waals surface area contributed by atoms with E-state index in [9.17, 15) is 9.90 Å². The van der Waals surface area contributed by atoms with Crippen LogP contribution in [0.1, 0.15) is 201 Å². The van der Waals surface area contributed by atoms with Gasteiger partial charge in [-0.05, 0) is 97.6 Å². The molecule has 1 unspecified atom stereocenters. The number of hydrogen-bond acceptors (Lipinski definition) is 2. The molecule has 0 aliphatic carbocycles. The fourth-order valence-corrected chi connectivity index (χ4v) is 6.98. The molecule has 0 amide bonds. The summed E-state index contributed by atoms with van der Waals surface area (Å²) in [5, 5.41) is 10.3. The quantitative estimate of drug-likeness (QED) is 0.0545. The second kappa shape index (κ2) is 34.3. The van der Waals surface area contributed by atoms with Gasteiger partial charge in [0.2, 0.25) is 0 Å². The molecule has 274 valence electrons. The van der Waals surface area contributed by atoms with Crippen molar-refractivity contribution in [1.29, 1.82) is 0 Å². The van der Waals surface area contributed by atoms with Gasteiger partial charge in [0.1, 0.15) is 0 Å². The Morgan fingerprint density at radius 1 is 0.511 bits per heavy atom. The molecule has 1 N–H and O–H groups in total. The van der Waals surface area contributed by atoms with Crippen molar-refractivity contribution < 1.29 is 9.90 Å². The third-order valence-electron chi connectivity index (χ3n) is 10.0. The molecule has 0 saturated carbocycles. The van der Waals surface area contributed by atoms with Gasteiger partial charge in [-0.25, -0.2) is 0 Å². The van der Waals surface area contributed by atoms with E-state index >= 15 is 0 Å². The van der Waals surface area contributed by atoms with Crippen molar-refractivity contribution >= 4 is 5.97 Å². The zero-order valence-electron chi connectivity index (χ0n) is 32.3. The lowest BCUT2D eigenvalue weighted by Gasteiger charge is -2.45. The highest BCUT2D eigenvalue weighted by Gasteiger charge is 2.43. The molecule has 0 aromatic carbocycles. The van der Waals surface area contributed by atoms with E-state index in [2.05, 4.69) is 88.4 Å². The Kier molecular flexibility index (Phi) is 33.1. The van der Waals surface area contributed by atoms with Crippen LogP contribution in [0.2, 0.25) is 0 Å². The van der Waals surface area contributed by atoms with Gasteiger partial charge in [-0.15, -0.1) is 0 Å². The predicted octanol–water partition coefficient (Wildman–Crippen LogP) is 14.2. The Labute approximate surface area is 294 Å². The predicted molar refractivity (Wildman–Crippen MR) is 210 cm³/mol. The van der Waals surface area contributed by atoms with Crippen molar-refractivity contribution in [2.75, 3.05) is 14.1 Å². The minimum Gasteiger partial charge on any atom is -0.481 e. The molecule has 0 rings (SSSR count). The fraction of sp³-hybridized carbons (Fsp3) is 0.795. The maximum atomic E-state index is 12.5. The number of nitrogens with zero attached hydrogens (tertiary/aromatic N) is 1. The Bertz CT molecular complexity index is 745. The first-order chi connectivity index (χ1) is 23.0. The van der Waals surface area contributed by atoms with E-state index < -0.39 is 5.97 Å². The molecule has 0 heterocycles. The van der Waals surface area contributed by atoms with Crippen LogP contribution < -0.4 is 0 Å². The maximum Gasteiger partial charge on any atom is 0.308 e. The molecule has 3 heteroatoms. The van der Waals surface area contributed by atoms with Crippen LogP contribution in [0.4, 0.5) is 0 Å². The summed E-state index contributed by atoms with van der Waals surface area (Å²) in [4.78, 5) is 14.8. The lowest BCUT2D eigenvalue weighted by atomic mass is 9.73. The highest BCUT2D eigenvalue weighted by atomic mass is 16.4. The molecular formula is C44H81NO2. The molecule has 0 saturated heterocycles. The summed E-state index contributed by atoms with van der Waals surface area (Å²) < 4.78 is 0. The highest BCUT2D eigenvalue weighted by Crippen LogP contribution is 2.38. The van der Waals surface area contributed by atoms with Crippen LogP contribution in [-0.2, 0) is 4.79 Å². The SMILES string of the molecule is CCCCC/C=C\C/C=C\CCCCCCCCC(CCCCCCCC/C=C\C/C=C\CCCCC)(C(CCC)C(=O)O)N(C)C. The van der Waals surface area contributed by atoms with Gasteiger partial charge in [0, 0.05) is 5.54 Å². The molecule has 47 heavy (non-hydrogen) atoms. The van der Waals surface area contributed by atoms with Crippen LogP contribution in [0.15, 0.2) is 48.6 Å². The first kappa shape index (κ1) is 45.4. The van der Waals surface area contributed by atoms with Crippen molar-refractivity contribution in [1.82, 2.24) is 4.90 Å². The topological polar surface area (TPSA) is 40.5 Å². The van der Waals surface area contributed by atoms with Gasteiger partial charge in [0.05, 0.1) is 5.92 Å². The van der Waals surface area contributed by atoms with Gasteiger partial charge in [0.15, 0.2) is 0 Å². The number of carboxylic acids is 1. The zero-order valence-corrected chi connectivity index (χ0v) is 32.3. The number of carboxylic acid groups (broad SMARTS) is 1. The minimum atomic E-state index is -0.597.